The number of amides is 1. The van der Waals surface area contributed by atoms with Gasteiger partial charge in [-0.25, -0.2) is 4.39 Å². The van der Waals surface area contributed by atoms with Crippen LogP contribution in [0.15, 0.2) is 48.5 Å². The van der Waals surface area contributed by atoms with E-state index < -0.39 is 0 Å². The molecule has 0 heterocycles. The second kappa shape index (κ2) is 7.20. The third-order valence-electron chi connectivity index (χ3n) is 3.03. The molecule has 0 fully saturated rings. The second-order valence-corrected chi connectivity index (χ2v) is 5.37. The van der Waals surface area contributed by atoms with Crippen molar-refractivity contribution in [2.75, 3.05) is 18.9 Å². The summed E-state index contributed by atoms with van der Waals surface area (Å²) in [6.45, 7) is 0.957. The molecule has 0 saturated heterocycles. The number of carbonyl (C=O) groups excluding carboxylic acids is 1. The molecule has 2 aromatic rings. The number of quaternary nitrogens is 1. The van der Waals surface area contributed by atoms with E-state index in [0.29, 0.717) is 23.8 Å². The number of anilines is 1. The van der Waals surface area contributed by atoms with Gasteiger partial charge in [0, 0.05) is 5.56 Å². The summed E-state index contributed by atoms with van der Waals surface area (Å²) in [7, 11) is 1.91. The molecule has 0 aromatic heterocycles. The highest BCUT2D eigenvalue weighted by Gasteiger charge is 2.12. The van der Waals surface area contributed by atoms with E-state index in [1.807, 2.05) is 19.2 Å². The minimum Gasteiger partial charge on any atom is -0.326 e. The number of carbonyl (C=O) groups is 1. The Balaban J connectivity index is 1.87. The van der Waals surface area contributed by atoms with E-state index in [-0.39, 0.29) is 11.7 Å². The predicted octanol–water partition coefficient (Wildman–Crippen LogP) is 2.13. The second-order valence-electron chi connectivity index (χ2n) is 4.97. The van der Waals surface area contributed by atoms with E-state index in [1.54, 1.807) is 24.3 Å². The Bertz CT molecular complexity index is 616. The van der Waals surface area contributed by atoms with Gasteiger partial charge in [-0.1, -0.05) is 35.9 Å². The third-order valence-corrected chi connectivity index (χ3v) is 3.36. The Morgan fingerprint density at radius 2 is 1.86 bits per heavy atom. The molecule has 0 radical (unpaired) electrons. The number of hydrogen-bond donors (Lipinski definition) is 2. The quantitative estimate of drug-likeness (QED) is 0.872. The Kier molecular flexibility index (Phi) is 5.31. The zero-order chi connectivity index (χ0) is 15.2. The highest BCUT2D eigenvalue weighted by molar-refractivity contribution is 6.33. The van der Waals surface area contributed by atoms with Crippen LogP contribution in [0.4, 0.5) is 10.1 Å². The molecule has 2 N–H and O–H groups in total. The Morgan fingerprint density at radius 1 is 1.19 bits per heavy atom. The maximum Gasteiger partial charge on any atom is 0.279 e. The maximum absolute atomic E-state index is 12.8. The normalized spacial score (nSPS) is 12.0. The summed E-state index contributed by atoms with van der Waals surface area (Å²) < 4.78 is 12.8. The molecule has 0 aliphatic carbocycles. The van der Waals surface area contributed by atoms with E-state index in [2.05, 4.69) is 5.32 Å². The molecular formula is C16H17ClFN2O+. The van der Waals surface area contributed by atoms with Gasteiger partial charge >= 0.3 is 0 Å². The molecule has 0 spiro atoms. The minimum atomic E-state index is -0.257. The van der Waals surface area contributed by atoms with Crippen LogP contribution in [0.25, 0.3) is 0 Å². The zero-order valence-corrected chi connectivity index (χ0v) is 12.5. The molecule has 5 heteroatoms. The lowest BCUT2D eigenvalue weighted by Crippen LogP contribution is -3.08. The van der Waals surface area contributed by atoms with Gasteiger partial charge in [0.05, 0.1) is 17.8 Å². The average Bonchev–Trinajstić information content (AvgIpc) is 2.44. The van der Waals surface area contributed by atoms with E-state index >= 15 is 0 Å². The van der Waals surface area contributed by atoms with Gasteiger partial charge in [-0.3, -0.25) is 4.79 Å². The van der Waals surface area contributed by atoms with Gasteiger partial charge in [-0.2, -0.15) is 0 Å². The topological polar surface area (TPSA) is 33.5 Å². The molecule has 3 nitrogen and oxygen atoms in total. The molecule has 21 heavy (non-hydrogen) atoms. The van der Waals surface area contributed by atoms with Crippen LogP contribution in [0.1, 0.15) is 5.56 Å². The van der Waals surface area contributed by atoms with Crippen molar-refractivity contribution in [2.45, 2.75) is 6.54 Å². The van der Waals surface area contributed by atoms with Gasteiger partial charge in [0.15, 0.2) is 6.54 Å². The van der Waals surface area contributed by atoms with E-state index in [0.717, 1.165) is 10.5 Å². The van der Waals surface area contributed by atoms with Gasteiger partial charge in [0.1, 0.15) is 12.4 Å². The van der Waals surface area contributed by atoms with Crippen LogP contribution in [0.3, 0.4) is 0 Å². The summed E-state index contributed by atoms with van der Waals surface area (Å²) in [4.78, 5) is 13.0. The van der Waals surface area contributed by atoms with E-state index in [9.17, 15) is 9.18 Å². The van der Waals surface area contributed by atoms with Crippen molar-refractivity contribution in [1.82, 2.24) is 0 Å². The molecule has 0 aliphatic heterocycles. The van der Waals surface area contributed by atoms with Crippen molar-refractivity contribution in [3.05, 3.63) is 64.9 Å². The number of para-hydroxylation sites is 1. The first kappa shape index (κ1) is 15.5. The summed E-state index contributed by atoms with van der Waals surface area (Å²) in [6.07, 6.45) is 0. The highest BCUT2D eigenvalue weighted by Crippen LogP contribution is 2.19. The van der Waals surface area contributed by atoms with Crippen LogP contribution in [0, 0.1) is 5.82 Å². The fourth-order valence-corrected chi connectivity index (χ4v) is 2.23. The molecule has 110 valence electrons. The van der Waals surface area contributed by atoms with Crippen molar-refractivity contribution < 1.29 is 14.1 Å². The third kappa shape index (κ3) is 4.85. The molecule has 0 aliphatic rings. The number of halogens is 2. The van der Waals surface area contributed by atoms with Gasteiger partial charge < -0.3 is 10.2 Å². The minimum absolute atomic E-state index is 0.109. The van der Waals surface area contributed by atoms with E-state index in [4.69, 9.17) is 11.6 Å². The van der Waals surface area contributed by atoms with Crippen LogP contribution >= 0.6 is 11.6 Å². The lowest BCUT2D eigenvalue weighted by molar-refractivity contribution is -0.885. The van der Waals surface area contributed by atoms with Crippen LogP contribution in [-0.2, 0) is 11.3 Å². The van der Waals surface area contributed by atoms with Crippen LogP contribution in [0.2, 0.25) is 5.02 Å². The fraction of sp³-hybridized carbons (Fsp3) is 0.188. The van der Waals surface area contributed by atoms with Crippen LogP contribution in [-0.4, -0.2) is 19.5 Å². The van der Waals surface area contributed by atoms with Crippen molar-refractivity contribution >= 4 is 23.2 Å². The molecular weight excluding hydrogens is 291 g/mol. The number of hydrogen-bond acceptors (Lipinski definition) is 1. The summed E-state index contributed by atoms with van der Waals surface area (Å²) in [5.74, 6) is -0.365. The zero-order valence-electron chi connectivity index (χ0n) is 11.7. The van der Waals surface area contributed by atoms with E-state index in [1.165, 1.54) is 12.1 Å². The predicted molar refractivity (Wildman–Crippen MR) is 81.9 cm³/mol. The van der Waals surface area contributed by atoms with Gasteiger partial charge in [-0.05, 0) is 24.3 Å². The van der Waals surface area contributed by atoms with Gasteiger partial charge in [-0.15, -0.1) is 0 Å². The van der Waals surface area contributed by atoms with Crippen molar-refractivity contribution in [1.29, 1.82) is 0 Å². The van der Waals surface area contributed by atoms with Crippen molar-refractivity contribution in [3.63, 3.8) is 0 Å². The SMILES string of the molecule is C[NH+](CC(=O)Nc1ccccc1Cl)Cc1ccc(F)cc1. The average molecular weight is 308 g/mol. The molecule has 0 bridgehead atoms. The first-order valence-corrected chi connectivity index (χ1v) is 7.02. The standard InChI is InChI=1S/C16H16ClFN2O/c1-20(10-12-6-8-13(18)9-7-12)11-16(21)19-15-5-3-2-4-14(15)17/h2-9H,10-11H2,1H3,(H,19,21)/p+1. The monoisotopic (exact) mass is 307 g/mol. The first-order valence-electron chi connectivity index (χ1n) is 6.65. The highest BCUT2D eigenvalue weighted by atomic mass is 35.5. The lowest BCUT2D eigenvalue weighted by Gasteiger charge is -2.14. The molecule has 1 unspecified atom stereocenters. The Hall–Kier alpha value is -1.91. The molecule has 1 amide bonds. The smallest absolute Gasteiger partial charge is 0.279 e. The van der Waals surface area contributed by atoms with Crippen molar-refractivity contribution in [2.24, 2.45) is 0 Å². The summed E-state index contributed by atoms with van der Waals surface area (Å²) in [6, 6.07) is 13.4. The van der Waals surface area contributed by atoms with Crippen molar-refractivity contribution in [3.8, 4) is 0 Å². The largest absolute Gasteiger partial charge is 0.326 e. The molecule has 1 atom stereocenters. The number of benzene rings is 2. The Morgan fingerprint density at radius 3 is 2.52 bits per heavy atom. The summed E-state index contributed by atoms with van der Waals surface area (Å²) in [5.41, 5.74) is 1.60. The number of likely N-dealkylation sites (N-methyl/N-ethyl adjacent to an activating group) is 1. The van der Waals surface area contributed by atoms with Crippen LogP contribution < -0.4 is 10.2 Å². The first-order chi connectivity index (χ1) is 10.0. The van der Waals surface area contributed by atoms with Gasteiger partial charge in [0.2, 0.25) is 0 Å². The molecule has 0 saturated carbocycles. The summed E-state index contributed by atoms with van der Waals surface area (Å²) in [5, 5.41) is 3.30. The van der Waals surface area contributed by atoms with Gasteiger partial charge in [0.25, 0.3) is 5.91 Å². The fourth-order valence-electron chi connectivity index (χ4n) is 2.04. The number of rotatable bonds is 5. The number of nitrogens with one attached hydrogen (secondary N) is 2. The molecule has 2 rings (SSSR count). The molecule has 2 aromatic carbocycles. The summed E-state index contributed by atoms with van der Waals surface area (Å²) >= 11 is 5.99. The van der Waals surface area contributed by atoms with Crippen LogP contribution in [0.5, 0.6) is 0 Å². The Labute approximate surface area is 128 Å². The lowest BCUT2D eigenvalue weighted by atomic mass is 10.2. The maximum atomic E-state index is 12.8.